The number of furan rings is 1. The average Bonchev–Trinajstić information content (AvgIpc) is 3.54. The number of hydrogen-bond donors (Lipinski definition) is 1. The van der Waals surface area contributed by atoms with Crippen LogP contribution in [0.4, 0.5) is 13.2 Å². The van der Waals surface area contributed by atoms with E-state index < -0.39 is 12.1 Å². The number of carboxylic acid groups (broad SMARTS) is 1. The van der Waals surface area contributed by atoms with Crippen LogP contribution < -0.4 is 0 Å². The largest absolute Gasteiger partial charge is 0.490 e. The number of fused-ring (bicyclic) bond motifs is 2. The number of alkyl halides is 3. The lowest BCUT2D eigenvalue weighted by molar-refractivity contribution is -0.192. The molecule has 8 nitrogen and oxygen atoms in total. The van der Waals surface area contributed by atoms with Gasteiger partial charge in [-0.1, -0.05) is 30.3 Å². The molecule has 11 heteroatoms. The van der Waals surface area contributed by atoms with Crippen molar-refractivity contribution in [1.29, 1.82) is 0 Å². The van der Waals surface area contributed by atoms with Crippen molar-refractivity contribution in [3.63, 3.8) is 0 Å². The summed E-state index contributed by atoms with van der Waals surface area (Å²) < 4.78 is 39.5. The topological polar surface area (TPSA) is 91.8 Å². The molecule has 0 unspecified atom stereocenters. The number of carbonyl (C=O) groups excluding carboxylic acids is 1. The molecule has 3 aromatic rings. The zero-order chi connectivity index (χ0) is 28.4. The van der Waals surface area contributed by atoms with E-state index in [2.05, 4.69) is 60.6 Å². The molecule has 4 heterocycles. The molecule has 0 atom stereocenters. The first-order chi connectivity index (χ1) is 18.4. The van der Waals surface area contributed by atoms with Crippen molar-refractivity contribution in [2.45, 2.75) is 64.3 Å². The lowest BCUT2D eigenvalue weighted by Gasteiger charge is -2.47. The number of aliphatic carboxylic acids is 1. The number of benzene rings is 1. The van der Waals surface area contributed by atoms with Crippen molar-refractivity contribution in [3.05, 3.63) is 77.3 Å². The van der Waals surface area contributed by atoms with Crippen LogP contribution in [0.1, 0.15) is 66.1 Å². The first-order valence-electron chi connectivity index (χ1n) is 12.9. The van der Waals surface area contributed by atoms with E-state index in [0.29, 0.717) is 24.9 Å². The number of carbonyl (C=O) groups is 2. The van der Waals surface area contributed by atoms with E-state index in [1.54, 1.807) is 18.4 Å². The summed E-state index contributed by atoms with van der Waals surface area (Å²) in [4.78, 5) is 31.8. The Morgan fingerprint density at radius 2 is 1.74 bits per heavy atom. The number of aryl methyl sites for hydroxylation is 1. The second-order valence-electron chi connectivity index (χ2n) is 10.4. The van der Waals surface area contributed by atoms with Crippen molar-refractivity contribution in [3.8, 4) is 0 Å². The maximum absolute atomic E-state index is 13.3. The van der Waals surface area contributed by atoms with Crippen LogP contribution in [0.5, 0.6) is 0 Å². The molecule has 1 fully saturated rings. The predicted octanol–water partition coefficient (Wildman–Crippen LogP) is 5.19. The van der Waals surface area contributed by atoms with E-state index in [-0.39, 0.29) is 11.3 Å². The Morgan fingerprint density at radius 1 is 1.10 bits per heavy atom. The van der Waals surface area contributed by atoms with Crippen molar-refractivity contribution in [2.24, 2.45) is 0 Å². The molecule has 2 aliphatic heterocycles. The normalized spacial score (nSPS) is 17.1. The van der Waals surface area contributed by atoms with E-state index >= 15 is 0 Å². The number of likely N-dealkylation sites (tertiary alicyclic amines) is 1. The fourth-order valence-electron chi connectivity index (χ4n) is 5.60. The van der Waals surface area contributed by atoms with Gasteiger partial charge in [0.25, 0.3) is 5.91 Å². The fourth-order valence-corrected chi connectivity index (χ4v) is 5.60. The molecule has 1 saturated heterocycles. The molecule has 1 amide bonds. The third kappa shape index (κ3) is 6.19. The third-order valence-corrected chi connectivity index (χ3v) is 7.36. The van der Waals surface area contributed by atoms with Gasteiger partial charge >= 0.3 is 12.1 Å². The van der Waals surface area contributed by atoms with E-state index in [9.17, 15) is 18.0 Å². The minimum Gasteiger partial charge on any atom is -0.475 e. The minimum absolute atomic E-state index is 0.0269. The molecule has 2 aromatic heterocycles. The smallest absolute Gasteiger partial charge is 0.475 e. The summed E-state index contributed by atoms with van der Waals surface area (Å²) in [5.41, 5.74) is 3.66. The van der Waals surface area contributed by atoms with Crippen LogP contribution in [0.25, 0.3) is 0 Å². The van der Waals surface area contributed by atoms with Crippen LogP contribution in [0.15, 0.2) is 53.1 Å². The molecule has 1 aromatic carbocycles. The van der Waals surface area contributed by atoms with Gasteiger partial charge in [0, 0.05) is 24.5 Å². The van der Waals surface area contributed by atoms with Gasteiger partial charge in [0.15, 0.2) is 5.76 Å². The molecule has 2 aliphatic rings. The standard InChI is InChI=1S/C26H32N4O2.C2HF3O2/c1-19(2)30-20(3)27-24-22(30)17-29(25(31)23-10-7-15-32-23)18-26(24)11-13-28(14-12-26)16-21-8-5-4-6-9-21;3-2(4,5)1(6)7/h4-10,15,19H,11-14,16-18H2,1-3H3;(H,6,7). The summed E-state index contributed by atoms with van der Waals surface area (Å²) >= 11 is 0. The van der Waals surface area contributed by atoms with Crippen LogP contribution in [-0.4, -0.2) is 62.1 Å². The maximum atomic E-state index is 13.3. The molecular weight excluding hydrogens is 513 g/mol. The molecule has 0 saturated carbocycles. The molecule has 0 bridgehead atoms. The van der Waals surface area contributed by atoms with Crippen molar-refractivity contribution in [1.82, 2.24) is 19.4 Å². The molecule has 5 rings (SSSR count). The summed E-state index contributed by atoms with van der Waals surface area (Å²) in [7, 11) is 0. The van der Waals surface area contributed by atoms with Gasteiger partial charge in [0.1, 0.15) is 5.82 Å². The van der Waals surface area contributed by atoms with Gasteiger partial charge in [0.05, 0.1) is 24.2 Å². The van der Waals surface area contributed by atoms with Gasteiger partial charge in [-0.2, -0.15) is 13.2 Å². The van der Waals surface area contributed by atoms with Crippen LogP contribution in [0, 0.1) is 6.92 Å². The van der Waals surface area contributed by atoms with Gasteiger partial charge in [-0.05, 0) is 64.4 Å². The van der Waals surface area contributed by atoms with Gasteiger partial charge < -0.3 is 19.0 Å². The monoisotopic (exact) mass is 546 g/mol. The second-order valence-corrected chi connectivity index (χ2v) is 10.4. The van der Waals surface area contributed by atoms with E-state index in [1.165, 1.54) is 17.0 Å². The first kappa shape index (κ1) is 28.4. The third-order valence-electron chi connectivity index (χ3n) is 7.36. The van der Waals surface area contributed by atoms with Crippen molar-refractivity contribution in [2.75, 3.05) is 19.6 Å². The van der Waals surface area contributed by atoms with Crippen LogP contribution >= 0.6 is 0 Å². The summed E-state index contributed by atoms with van der Waals surface area (Å²) in [5, 5.41) is 7.12. The van der Waals surface area contributed by atoms with E-state index in [0.717, 1.165) is 38.3 Å². The Morgan fingerprint density at radius 3 is 2.28 bits per heavy atom. The molecular formula is C28H33F3N4O4. The number of amides is 1. The summed E-state index contributed by atoms with van der Waals surface area (Å²) in [6, 6.07) is 14.5. The lowest BCUT2D eigenvalue weighted by atomic mass is 9.72. The van der Waals surface area contributed by atoms with Crippen LogP contribution in [0.2, 0.25) is 0 Å². The highest BCUT2D eigenvalue weighted by atomic mass is 19.4. The number of halogens is 3. The SMILES string of the molecule is Cc1nc2c(n1C(C)C)CN(C(=O)c1ccco1)CC21CCN(Cc2ccccc2)CC1.O=C(O)C(F)(F)F. The molecule has 0 aliphatic carbocycles. The Bertz CT molecular complexity index is 1280. The predicted molar refractivity (Wildman–Crippen MR) is 137 cm³/mol. The first-order valence-corrected chi connectivity index (χ1v) is 12.9. The number of carboxylic acids is 1. The van der Waals surface area contributed by atoms with Crippen LogP contribution in [-0.2, 0) is 23.3 Å². The van der Waals surface area contributed by atoms with Gasteiger partial charge in [0.2, 0.25) is 0 Å². The molecule has 1 spiro atoms. The fraction of sp³-hybridized carbons (Fsp3) is 0.464. The zero-order valence-electron chi connectivity index (χ0n) is 22.2. The van der Waals surface area contributed by atoms with Gasteiger partial charge in [-0.3, -0.25) is 9.69 Å². The maximum Gasteiger partial charge on any atom is 0.490 e. The van der Waals surface area contributed by atoms with E-state index in [4.69, 9.17) is 19.3 Å². The quantitative estimate of drug-likeness (QED) is 0.485. The number of aromatic nitrogens is 2. The summed E-state index contributed by atoms with van der Waals surface area (Å²) in [6.07, 6.45) is -1.50. The number of rotatable bonds is 4. The number of nitrogens with zero attached hydrogens (tertiary/aromatic N) is 4. The van der Waals surface area contributed by atoms with Crippen molar-refractivity contribution >= 4 is 11.9 Å². The second kappa shape index (κ2) is 11.3. The van der Waals surface area contributed by atoms with Gasteiger partial charge in [-0.25, -0.2) is 9.78 Å². The average molecular weight is 547 g/mol. The number of piperidine rings is 1. The molecule has 1 N–H and O–H groups in total. The highest BCUT2D eigenvalue weighted by Gasteiger charge is 2.47. The molecule has 210 valence electrons. The Kier molecular flexibility index (Phi) is 8.20. The molecule has 39 heavy (non-hydrogen) atoms. The summed E-state index contributed by atoms with van der Waals surface area (Å²) in [6.45, 7) is 10.7. The molecule has 0 radical (unpaired) electrons. The van der Waals surface area contributed by atoms with E-state index in [1.807, 2.05) is 4.90 Å². The van der Waals surface area contributed by atoms with Crippen LogP contribution in [0.3, 0.4) is 0 Å². The lowest BCUT2D eigenvalue weighted by Crippen LogP contribution is -2.53. The Labute approximate surface area is 225 Å². The van der Waals surface area contributed by atoms with Crippen molar-refractivity contribution < 1.29 is 32.3 Å². The minimum atomic E-state index is -5.08. The number of imidazole rings is 1. The Hall–Kier alpha value is -3.60. The summed E-state index contributed by atoms with van der Waals surface area (Å²) in [5.74, 6) is -1.32. The van der Waals surface area contributed by atoms with Gasteiger partial charge in [-0.15, -0.1) is 0 Å². The highest BCUT2D eigenvalue weighted by molar-refractivity contribution is 5.91. The number of hydrogen-bond acceptors (Lipinski definition) is 5. The Balaban J connectivity index is 0.000000448. The zero-order valence-corrected chi connectivity index (χ0v) is 22.2. The highest BCUT2D eigenvalue weighted by Crippen LogP contribution is 2.43.